The summed E-state index contributed by atoms with van der Waals surface area (Å²) in [6.07, 6.45) is 0.392. The minimum Gasteiger partial charge on any atom is -0.393 e. The van der Waals surface area contributed by atoms with Crippen LogP contribution < -0.4 is 0 Å². The van der Waals surface area contributed by atoms with E-state index in [2.05, 4.69) is 0 Å². The summed E-state index contributed by atoms with van der Waals surface area (Å²) in [4.78, 5) is 15.3. The number of aliphatic hydroxyl groups excluding tert-OH is 1. The minimum atomic E-state index is -0.279. The van der Waals surface area contributed by atoms with E-state index >= 15 is 0 Å². The van der Waals surface area contributed by atoms with Crippen molar-refractivity contribution in [3.63, 3.8) is 0 Å². The number of nitrogens with zero attached hydrogens (tertiary/aromatic N) is 1. The quantitative estimate of drug-likeness (QED) is 0.872. The van der Waals surface area contributed by atoms with Crippen LogP contribution in [0.4, 0.5) is 0 Å². The molecule has 0 radical (unpaired) electrons. The van der Waals surface area contributed by atoms with Gasteiger partial charge in [-0.1, -0.05) is 18.5 Å². The Labute approximate surface area is 129 Å². The van der Waals surface area contributed by atoms with E-state index in [1.54, 1.807) is 11.8 Å². The second kappa shape index (κ2) is 6.83. The third kappa shape index (κ3) is 3.90. The number of benzene rings is 1. The molecule has 20 heavy (non-hydrogen) atoms. The van der Waals surface area contributed by atoms with Crippen LogP contribution in [0.5, 0.6) is 0 Å². The lowest BCUT2D eigenvalue weighted by atomic mass is 9.96. The zero-order chi connectivity index (χ0) is 14.7. The zero-order valence-electron chi connectivity index (χ0n) is 11.8. The van der Waals surface area contributed by atoms with Gasteiger partial charge >= 0.3 is 0 Å². The van der Waals surface area contributed by atoms with Crippen LogP contribution in [0.2, 0.25) is 5.02 Å². The summed E-state index contributed by atoms with van der Waals surface area (Å²) in [6, 6.07) is 7.53. The Balaban J connectivity index is 1.93. The van der Waals surface area contributed by atoms with E-state index in [4.69, 9.17) is 11.6 Å². The minimum absolute atomic E-state index is 0.126. The molecule has 1 aromatic rings. The van der Waals surface area contributed by atoms with Crippen LogP contribution in [-0.2, 0) is 4.79 Å². The van der Waals surface area contributed by atoms with Crippen molar-refractivity contribution in [1.29, 1.82) is 0 Å². The van der Waals surface area contributed by atoms with Crippen LogP contribution in [-0.4, -0.2) is 40.4 Å². The Morgan fingerprint density at radius 3 is 2.70 bits per heavy atom. The van der Waals surface area contributed by atoms with E-state index < -0.39 is 0 Å². The first-order chi connectivity index (χ1) is 9.47. The lowest BCUT2D eigenvalue weighted by molar-refractivity contribution is -0.133. The number of carbonyl (C=O) groups excluding carboxylic acids is 1. The van der Waals surface area contributed by atoms with Crippen molar-refractivity contribution in [1.82, 2.24) is 4.90 Å². The maximum atomic E-state index is 12.4. The highest BCUT2D eigenvalue weighted by molar-refractivity contribution is 8.00. The van der Waals surface area contributed by atoms with Crippen LogP contribution in [0, 0.1) is 5.92 Å². The van der Waals surface area contributed by atoms with Crippen LogP contribution in [0.25, 0.3) is 0 Å². The van der Waals surface area contributed by atoms with Gasteiger partial charge in [-0.25, -0.2) is 0 Å². The molecule has 1 fully saturated rings. The highest BCUT2D eigenvalue weighted by atomic mass is 35.5. The van der Waals surface area contributed by atoms with Crippen LogP contribution >= 0.6 is 23.4 Å². The van der Waals surface area contributed by atoms with Crippen molar-refractivity contribution in [2.45, 2.75) is 36.5 Å². The molecular weight excluding hydrogens is 294 g/mol. The van der Waals surface area contributed by atoms with Gasteiger partial charge < -0.3 is 10.0 Å². The number of hydrogen-bond acceptors (Lipinski definition) is 3. The zero-order valence-corrected chi connectivity index (χ0v) is 13.3. The molecule has 1 heterocycles. The number of halogens is 1. The first kappa shape index (κ1) is 15.7. The van der Waals surface area contributed by atoms with Crippen molar-refractivity contribution in [2.24, 2.45) is 5.92 Å². The summed E-state index contributed by atoms with van der Waals surface area (Å²) < 4.78 is 0. The average molecular weight is 314 g/mol. The summed E-state index contributed by atoms with van der Waals surface area (Å²) in [7, 11) is 0. The van der Waals surface area contributed by atoms with Gasteiger partial charge in [0.15, 0.2) is 0 Å². The Hall–Kier alpha value is -0.710. The van der Waals surface area contributed by atoms with Crippen LogP contribution in [0.3, 0.4) is 0 Å². The molecule has 1 N–H and O–H groups in total. The fourth-order valence-electron chi connectivity index (χ4n) is 2.36. The summed E-state index contributed by atoms with van der Waals surface area (Å²) in [6.45, 7) is 5.21. The summed E-state index contributed by atoms with van der Waals surface area (Å²) in [5, 5.41) is 10.3. The lowest BCUT2D eigenvalue weighted by Gasteiger charge is -2.35. The van der Waals surface area contributed by atoms with Gasteiger partial charge in [0.25, 0.3) is 0 Å². The maximum Gasteiger partial charge on any atom is 0.235 e. The Morgan fingerprint density at radius 2 is 2.10 bits per heavy atom. The number of rotatable bonds is 3. The van der Waals surface area contributed by atoms with E-state index in [1.165, 1.54) is 0 Å². The fourth-order valence-corrected chi connectivity index (χ4v) is 3.44. The molecule has 5 heteroatoms. The number of likely N-dealkylation sites (tertiary alicyclic amines) is 1. The molecule has 3 nitrogen and oxygen atoms in total. The van der Waals surface area contributed by atoms with E-state index in [0.29, 0.717) is 24.5 Å². The van der Waals surface area contributed by atoms with E-state index in [9.17, 15) is 9.90 Å². The number of amides is 1. The van der Waals surface area contributed by atoms with Gasteiger partial charge in [-0.2, -0.15) is 0 Å². The number of carbonyl (C=O) groups is 1. The van der Waals surface area contributed by atoms with E-state index in [0.717, 1.165) is 4.90 Å². The predicted molar refractivity (Wildman–Crippen MR) is 83.1 cm³/mol. The fraction of sp³-hybridized carbons (Fsp3) is 0.533. The van der Waals surface area contributed by atoms with Crippen LogP contribution in [0.15, 0.2) is 29.2 Å². The largest absolute Gasteiger partial charge is 0.393 e. The summed E-state index contributed by atoms with van der Waals surface area (Å²) >= 11 is 7.40. The number of piperidine rings is 1. The maximum absolute atomic E-state index is 12.4. The first-order valence-electron chi connectivity index (χ1n) is 6.86. The second-order valence-corrected chi connectivity index (χ2v) is 7.18. The molecule has 0 spiro atoms. The Kier molecular flexibility index (Phi) is 5.35. The van der Waals surface area contributed by atoms with Gasteiger partial charge in [0.05, 0.1) is 11.4 Å². The van der Waals surface area contributed by atoms with Crippen LogP contribution in [0.1, 0.15) is 20.3 Å². The molecular formula is C15H20ClNO2S. The van der Waals surface area contributed by atoms with E-state index in [-0.39, 0.29) is 23.2 Å². The van der Waals surface area contributed by atoms with Crippen molar-refractivity contribution in [2.75, 3.05) is 13.1 Å². The molecule has 0 bridgehead atoms. The molecule has 0 saturated carbocycles. The number of aliphatic hydroxyl groups is 1. The van der Waals surface area contributed by atoms with Gasteiger partial charge in [0.1, 0.15) is 0 Å². The Bertz CT molecular complexity index is 465. The molecule has 1 saturated heterocycles. The molecule has 1 aliphatic heterocycles. The lowest BCUT2D eigenvalue weighted by Crippen LogP contribution is -2.47. The van der Waals surface area contributed by atoms with Gasteiger partial charge in [0, 0.05) is 23.0 Å². The van der Waals surface area contributed by atoms with Gasteiger partial charge in [-0.15, -0.1) is 11.8 Å². The first-order valence-corrected chi connectivity index (χ1v) is 8.12. The average Bonchev–Trinajstić information content (AvgIpc) is 2.43. The van der Waals surface area contributed by atoms with Gasteiger partial charge in [-0.3, -0.25) is 4.79 Å². The molecule has 3 atom stereocenters. The normalized spacial score (nSPS) is 24.5. The highest BCUT2D eigenvalue weighted by Gasteiger charge is 2.29. The third-order valence-corrected chi connectivity index (χ3v) is 5.00. The van der Waals surface area contributed by atoms with Crippen molar-refractivity contribution in [3.8, 4) is 0 Å². The smallest absolute Gasteiger partial charge is 0.235 e. The molecule has 2 rings (SSSR count). The van der Waals surface area contributed by atoms with Crippen molar-refractivity contribution >= 4 is 29.3 Å². The molecule has 110 valence electrons. The number of hydrogen-bond donors (Lipinski definition) is 1. The summed E-state index contributed by atoms with van der Waals surface area (Å²) in [5.74, 6) is 0.295. The molecule has 1 aromatic carbocycles. The SMILES string of the molecule is CC(Sc1ccc(Cl)cc1)C(=O)N1CCC(O)C(C)C1. The molecule has 0 aromatic heterocycles. The highest BCUT2D eigenvalue weighted by Crippen LogP contribution is 2.27. The standard InChI is InChI=1S/C15H20ClNO2S/c1-10-9-17(8-7-14(10)18)15(19)11(2)20-13-5-3-12(16)4-6-13/h3-6,10-11,14,18H,7-9H2,1-2H3. The Morgan fingerprint density at radius 1 is 1.45 bits per heavy atom. The van der Waals surface area contributed by atoms with Crippen molar-refractivity contribution < 1.29 is 9.90 Å². The second-order valence-electron chi connectivity index (χ2n) is 5.33. The van der Waals surface area contributed by atoms with Crippen molar-refractivity contribution in [3.05, 3.63) is 29.3 Å². The monoisotopic (exact) mass is 313 g/mol. The third-order valence-electron chi connectivity index (χ3n) is 3.65. The molecule has 1 aliphatic rings. The van der Waals surface area contributed by atoms with Gasteiger partial charge in [0.2, 0.25) is 5.91 Å². The molecule has 3 unspecified atom stereocenters. The van der Waals surface area contributed by atoms with E-state index in [1.807, 2.05) is 43.0 Å². The topological polar surface area (TPSA) is 40.5 Å². The predicted octanol–water partition coefficient (Wildman–Crippen LogP) is 3.05. The van der Waals surface area contributed by atoms with Gasteiger partial charge in [-0.05, 0) is 43.5 Å². The molecule has 0 aliphatic carbocycles. The summed E-state index contributed by atoms with van der Waals surface area (Å²) in [5.41, 5.74) is 0. The molecule has 1 amide bonds. The number of thioether (sulfide) groups is 1.